The number of hydrogen-bond acceptors (Lipinski definition) is 4. The molecule has 1 amide bonds. The fourth-order valence-corrected chi connectivity index (χ4v) is 4.97. The highest BCUT2D eigenvalue weighted by Gasteiger charge is 2.35. The van der Waals surface area contributed by atoms with E-state index in [4.69, 9.17) is 14.5 Å². The molecule has 0 aliphatic carbocycles. The van der Waals surface area contributed by atoms with E-state index >= 15 is 0 Å². The second-order valence-electron chi connectivity index (χ2n) is 9.09. The molecule has 2 heterocycles. The molecule has 4 aromatic rings. The second-order valence-corrected chi connectivity index (χ2v) is 9.09. The summed E-state index contributed by atoms with van der Waals surface area (Å²) in [7, 11) is 0. The van der Waals surface area contributed by atoms with Gasteiger partial charge < -0.3 is 18.9 Å². The maximum atomic E-state index is 13.1. The van der Waals surface area contributed by atoms with E-state index in [2.05, 4.69) is 42.7 Å². The first-order chi connectivity index (χ1) is 17.0. The average Bonchev–Trinajstić information content (AvgIpc) is 3.40. The summed E-state index contributed by atoms with van der Waals surface area (Å²) in [5, 5.41) is 0. The fourth-order valence-electron chi connectivity index (χ4n) is 4.97. The monoisotopic (exact) mass is 469 g/mol. The van der Waals surface area contributed by atoms with Crippen LogP contribution in [0.5, 0.6) is 11.5 Å². The van der Waals surface area contributed by atoms with Crippen LogP contribution in [0.15, 0.2) is 66.7 Å². The van der Waals surface area contributed by atoms with Gasteiger partial charge in [0.2, 0.25) is 5.91 Å². The Balaban J connectivity index is 1.40. The Kier molecular flexibility index (Phi) is 6.45. The van der Waals surface area contributed by atoms with Gasteiger partial charge in [0, 0.05) is 24.6 Å². The minimum Gasteiger partial charge on any atom is -0.490 e. The number of aryl methyl sites for hydroxylation is 2. The Labute approximate surface area is 206 Å². The van der Waals surface area contributed by atoms with Crippen LogP contribution in [-0.4, -0.2) is 35.2 Å². The zero-order chi connectivity index (χ0) is 24.4. The summed E-state index contributed by atoms with van der Waals surface area (Å²) in [6.07, 6.45) is 0.449. The number of benzene rings is 3. The third-order valence-corrected chi connectivity index (χ3v) is 6.41. The molecule has 1 unspecified atom stereocenters. The number of aromatic nitrogens is 2. The van der Waals surface area contributed by atoms with Gasteiger partial charge in [0.1, 0.15) is 12.4 Å². The number of ether oxygens (including phenoxy) is 2. The first kappa shape index (κ1) is 23.0. The van der Waals surface area contributed by atoms with Crippen molar-refractivity contribution >= 4 is 22.6 Å². The quantitative estimate of drug-likeness (QED) is 0.335. The molecule has 1 aliphatic rings. The van der Waals surface area contributed by atoms with E-state index in [-0.39, 0.29) is 11.8 Å². The summed E-state index contributed by atoms with van der Waals surface area (Å²) in [4.78, 5) is 19.9. The zero-order valence-electron chi connectivity index (χ0n) is 20.5. The normalized spacial score (nSPS) is 15.7. The van der Waals surface area contributed by atoms with Gasteiger partial charge >= 0.3 is 0 Å². The van der Waals surface area contributed by atoms with E-state index in [1.807, 2.05) is 54.3 Å². The SMILES string of the molecule is CCOc1ccccc1OCCn1c(C2CC(=O)N(c3cc(C)cc(C)c3)C2)nc2ccccc21. The highest BCUT2D eigenvalue weighted by molar-refractivity contribution is 5.96. The molecule has 0 radical (unpaired) electrons. The van der Waals surface area contributed by atoms with Crippen molar-refractivity contribution in [2.45, 2.75) is 39.7 Å². The van der Waals surface area contributed by atoms with Crippen LogP contribution in [-0.2, 0) is 11.3 Å². The standard InChI is InChI=1S/C29H31N3O3/c1-4-34-26-11-7-8-12-27(26)35-14-13-31-25-10-6-5-9-24(25)30-29(31)22-18-28(33)32(19-22)23-16-20(2)15-21(3)17-23/h5-12,15-17,22H,4,13-14,18-19H2,1-3H3. The summed E-state index contributed by atoms with van der Waals surface area (Å²) in [6.45, 7) is 8.41. The fraction of sp³-hybridized carbons (Fsp3) is 0.310. The predicted octanol–water partition coefficient (Wildman–Crippen LogP) is 5.65. The van der Waals surface area contributed by atoms with Gasteiger partial charge in [-0.15, -0.1) is 0 Å². The van der Waals surface area contributed by atoms with Gasteiger partial charge in [-0.25, -0.2) is 4.98 Å². The van der Waals surface area contributed by atoms with Gasteiger partial charge in [0.05, 0.1) is 24.2 Å². The maximum absolute atomic E-state index is 13.1. The lowest BCUT2D eigenvalue weighted by Crippen LogP contribution is -2.25. The summed E-state index contributed by atoms with van der Waals surface area (Å²) < 4.78 is 14.0. The van der Waals surface area contributed by atoms with Gasteiger partial charge in [0.15, 0.2) is 11.5 Å². The number of amides is 1. The minimum absolute atomic E-state index is 0.0198. The van der Waals surface area contributed by atoms with E-state index in [1.54, 1.807) is 0 Å². The minimum atomic E-state index is 0.0198. The Morgan fingerprint density at radius 2 is 1.63 bits per heavy atom. The molecule has 0 spiro atoms. The number of para-hydroxylation sites is 4. The van der Waals surface area contributed by atoms with Crippen LogP contribution in [0.2, 0.25) is 0 Å². The number of anilines is 1. The van der Waals surface area contributed by atoms with Crippen molar-refractivity contribution in [1.82, 2.24) is 9.55 Å². The molecule has 1 fully saturated rings. The summed E-state index contributed by atoms with van der Waals surface area (Å²) in [5.41, 5.74) is 5.28. The molecule has 1 aliphatic heterocycles. The van der Waals surface area contributed by atoms with E-state index in [9.17, 15) is 4.79 Å². The summed E-state index contributed by atoms with van der Waals surface area (Å²) >= 11 is 0. The number of rotatable bonds is 8. The largest absolute Gasteiger partial charge is 0.490 e. The molecule has 6 heteroatoms. The van der Waals surface area contributed by atoms with Crippen molar-refractivity contribution in [1.29, 1.82) is 0 Å². The first-order valence-electron chi connectivity index (χ1n) is 12.2. The molecule has 5 rings (SSSR count). The van der Waals surface area contributed by atoms with E-state index < -0.39 is 0 Å². The third-order valence-electron chi connectivity index (χ3n) is 6.41. The molecule has 0 N–H and O–H groups in total. The van der Waals surface area contributed by atoms with Crippen LogP contribution in [0.4, 0.5) is 5.69 Å². The van der Waals surface area contributed by atoms with Crippen LogP contribution >= 0.6 is 0 Å². The van der Waals surface area contributed by atoms with Crippen molar-refractivity contribution < 1.29 is 14.3 Å². The average molecular weight is 470 g/mol. The smallest absolute Gasteiger partial charge is 0.227 e. The molecule has 1 saturated heterocycles. The third kappa shape index (κ3) is 4.74. The van der Waals surface area contributed by atoms with Crippen molar-refractivity contribution in [3.05, 3.63) is 83.7 Å². The van der Waals surface area contributed by atoms with Crippen LogP contribution < -0.4 is 14.4 Å². The Hall–Kier alpha value is -3.80. The van der Waals surface area contributed by atoms with Gasteiger partial charge in [0.25, 0.3) is 0 Å². The Morgan fingerprint density at radius 3 is 2.37 bits per heavy atom. The Bertz CT molecular complexity index is 1340. The van der Waals surface area contributed by atoms with E-state index in [0.717, 1.165) is 45.2 Å². The number of hydrogen-bond donors (Lipinski definition) is 0. The van der Waals surface area contributed by atoms with Crippen molar-refractivity contribution in [2.75, 3.05) is 24.7 Å². The molecule has 1 aromatic heterocycles. The zero-order valence-corrected chi connectivity index (χ0v) is 20.5. The number of carbonyl (C=O) groups excluding carboxylic acids is 1. The molecular formula is C29H31N3O3. The number of fused-ring (bicyclic) bond motifs is 1. The van der Waals surface area contributed by atoms with Gasteiger partial charge in [-0.3, -0.25) is 4.79 Å². The van der Waals surface area contributed by atoms with Crippen LogP contribution in [0.25, 0.3) is 11.0 Å². The maximum Gasteiger partial charge on any atom is 0.227 e. The number of nitrogens with zero attached hydrogens (tertiary/aromatic N) is 3. The van der Waals surface area contributed by atoms with Gasteiger partial charge in [-0.2, -0.15) is 0 Å². The molecule has 180 valence electrons. The lowest BCUT2D eigenvalue weighted by Gasteiger charge is -2.19. The van der Waals surface area contributed by atoms with Gasteiger partial charge in [-0.05, 0) is 68.3 Å². The van der Waals surface area contributed by atoms with Crippen molar-refractivity contribution in [2.24, 2.45) is 0 Å². The van der Waals surface area contributed by atoms with E-state index in [0.29, 0.717) is 32.7 Å². The van der Waals surface area contributed by atoms with Crippen molar-refractivity contribution in [3.8, 4) is 11.5 Å². The summed E-state index contributed by atoms with van der Waals surface area (Å²) in [5.74, 6) is 2.58. The lowest BCUT2D eigenvalue weighted by molar-refractivity contribution is -0.117. The predicted molar refractivity (Wildman–Crippen MR) is 138 cm³/mol. The van der Waals surface area contributed by atoms with Crippen LogP contribution in [0.1, 0.15) is 36.2 Å². The molecular weight excluding hydrogens is 438 g/mol. The lowest BCUT2D eigenvalue weighted by atomic mass is 10.1. The number of carbonyl (C=O) groups is 1. The van der Waals surface area contributed by atoms with E-state index in [1.165, 1.54) is 0 Å². The molecule has 0 bridgehead atoms. The molecule has 3 aromatic carbocycles. The highest BCUT2D eigenvalue weighted by atomic mass is 16.5. The second kappa shape index (κ2) is 9.82. The highest BCUT2D eigenvalue weighted by Crippen LogP contribution is 2.34. The van der Waals surface area contributed by atoms with Gasteiger partial charge in [-0.1, -0.05) is 30.3 Å². The topological polar surface area (TPSA) is 56.6 Å². The summed E-state index contributed by atoms with van der Waals surface area (Å²) in [6, 6.07) is 22.2. The number of imidazole rings is 1. The van der Waals surface area contributed by atoms with Crippen molar-refractivity contribution in [3.63, 3.8) is 0 Å². The molecule has 1 atom stereocenters. The van der Waals surface area contributed by atoms with Crippen LogP contribution in [0.3, 0.4) is 0 Å². The molecule has 6 nitrogen and oxygen atoms in total. The molecule has 35 heavy (non-hydrogen) atoms. The first-order valence-corrected chi connectivity index (χ1v) is 12.2. The van der Waals surface area contributed by atoms with Crippen LogP contribution in [0, 0.1) is 13.8 Å². The molecule has 0 saturated carbocycles. The Morgan fingerprint density at radius 1 is 0.943 bits per heavy atom.